The Hall–Kier alpha value is -0.580. The fourth-order valence-electron chi connectivity index (χ4n) is 2.14. The Bertz CT molecular complexity index is 387. The Morgan fingerprint density at radius 3 is 2.71 bits per heavy atom. The molecule has 0 spiro atoms. The van der Waals surface area contributed by atoms with Gasteiger partial charge >= 0.3 is 0 Å². The molecule has 0 atom stereocenters. The molecule has 2 rings (SSSR count). The van der Waals surface area contributed by atoms with Gasteiger partial charge in [-0.05, 0) is 19.3 Å². The molecular formula is C12H20ClN3O. The molecule has 5 heteroatoms. The summed E-state index contributed by atoms with van der Waals surface area (Å²) in [5.74, 6) is 0. The average molecular weight is 258 g/mol. The van der Waals surface area contributed by atoms with Gasteiger partial charge in [-0.2, -0.15) is 5.10 Å². The van der Waals surface area contributed by atoms with E-state index in [0.717, 1.165) is 29.4 Å². The second kappa shape index (κ2) is 5.38. The smallest absolute Gasteiger partial charge is 0.0863 e. The van der Waals surface area contributed by atoms with Crippen LogP contribution in [0.25, 0.3) is 0 Å². The molecule has 0 unspecified atom stereocenters. The van der Waals surface area contributed by atoms with Crippen LogP contribution in [0.5, 0.6) is 0 Å². The Labute approximate surface area is 107 Å². The topological polar surface area (TPSA) is 41.3 Å². The van der Waals surface area contributed by atoms with Crippen molar-refractivity contribution in [3.05, 3.63) is 16.4 Å². The predicted molar refractivity (Wildman–Crippen MR) is 68.1 cm³/mol. The highest BCUT2D eigenvalue weighted by Crippen LogP contribution is 2.30. The molecule has 96 valence electrons. The van der Waals surface area contributed by atoms with Gasteiger partial charge in [-0.1, -0.05) is 18.5 Å². The van der Waals surface area contributed by atoms with Gasteiger partial charge in [0.15, 0.2) is 0 Å². The maximum absolute atomic E-state index is 9.08. The highest BCUT2D eigenvalue weighted by molar-refractivity contribution is 6.31. The van der Waals surface area contributed by atoms with Crippen LogP contribution in [0.2, 0.25) is 5.02 Å². The van der Waals surface area contributed by atoms with Gasteiger partial charge in [0.25, 0.3) is 0 Å². The van der Waals surface area contributed by atoms with E-state index in [1.165, 1.54) is 12.8 Å². The summed E-state index contributed by atoms with van der Waals surface area (Å²) in [6, 6.07) is 0.623. The Morgan fingerprint density at radius 1 is 1.53 bits per heavy atom. The number of halogens is 1. The molecule has 1 aromatic heterocycles. The van der Waals surface area contributed by atoms with Crippen LogP contribution >= 0.6 is 11.6 Å². The van der Waals surface area contributed by atoms with E-state index in [1.54, 1.807) is 0 Å². The molecule has 0 aliphatic heterocycles. The summed E-state index contributed by atoms with van der Waals surface area (Å²) in [6.07, 6.45) is 3.32. The third kappa shape index (κ3) is 2.81. The van der Waals surface area contributed by atoms with Gasteiger partial charge in [-0.3, -0.25) is 9.58 Å². The van der Waals surface area contributed by atoms with E-state index >= 15 is 0 Å². The Balaban J connectivity index is 2.13. The number of nitrogens with zero attached hydrogens (tertiary/aromatic N) is 3. The Morgan fingerprint density at radius 2 is 2.24 bits per heavy atom. The molecule has 1 heterocycles. The minimum absolute atomic E-state index is 0.201. The lowest BCUT2D eigenvalue weighted by molar-refractivity contribution is 0.180. The number of aliphatic hydroxyl groups is 1. The number of hydrogen-bond acceptors (Lipinski definition) is 3. The first-order chi connectivity index (χ1) is 8.17. The lowest BCUT2D eigenvalue weighted by Gasteiger charge is -2.20. The summed E-state index contributed by atoms with van der Waals surface area (Å²) in [4.78, 5) is 2.29. The molecule has 1 aliphatic rings. The summed E-state index contributed by atoms with van der Waals surface area (Å²) in [5.41, 5.74) is 2.02. The monoisotopic (exact) mass is 257 g/mol. The van der Waals surface area contributed by atoms with Gasteiger partial charge in [0, 0.05) is 26.2 Å². The summed E-state index contributed by atoms with van der Waals surface area (Å²) in [6.45, 7) is 3.76. The van der Waals surface area contributed by atoms with E-state index in [1.807, 2.05) is 11.7 Å². The van der Waals surface area contributed by atoms with Gasteiger partial charge in [-0.15, -0.1) is 0 Å². The van der Waals surface area contributed by atoms with Crippen molar-refractivity contribution in [1.82, 2.24) is 14.7 Å². The van der Waals surface area contributed by atoms with Crippen LogP contribution in [0, 0.1) is 0 Å². The number of aliphatic hydroxyl groups excluding tert-OH is 1. The van der Waals surface area contributed by atoms with Gasteiger partial charge in [0.2, 0.25) is 0 Å². The van der Waals surface area contributed by atoms with Crippen molar-refractivity contribution in [1.29, 1.82) is 0 Å². The summed E-state index contributed by atoms with van der Waals surface area (Å²) in [7, 11) is 1.93. The lowest BCUT2D eigenvalue weighted by atomic mass is 10.3. The molecule has 1 N–H and O–H groups in total. The molecule has 0 bridgehead atoms. The largest absolute Gasteiger partial charge is 0.395 e. The van der Waals surface area contributed by atoms with Crippen LogP contribution in [-0.2, 0) is 20.0 Å². The van der Waals surface area contributed by atoms with Crippen molar-refractivity contribution in [2.24, 2.45) is 7.05 Å². The van der Waals surface area contributed by atoms with Crippen LogP contribution in [-0.4, -0.2) is 39.0 Å². The normalized spacial score (nSPS) is 15.8. The van der Waals surface area contributed by atoms with E-state index in [9.17, 15) is 0 Å². The second-order valence-corrected chi connectivity index (χ2v) is 4.99. The number of aromatic nitrogens is 2. The fraction of sp³-hybridized carbons (Fsp3) is 0.750. The molecular weight excluding hydrogens is 238 g/mol. The molecule has 1 fully saturated rings. The molecule has 1 saturated carbocycles. The summed E-state index contributed by atoms with van der Waals surface area (Å²) in [5, 5.41) is 14.3. The van der Waals surface area contributed by atoms with E-state index < -0.39 is 0 Å². The summed E-state index contributed by atoms with van der Waals surface area (Å²) < 4.78 is 1.87. The van der Waals surface area contributed by atoms with Crippen LogP contribution in [0.15, 0.2) is 0 Å². The van der Waals surface area contributed by atoms with Crippen LogP contribution in [0.1, 0.15) is 31.2 Å². The van der Waals surface area contributed by atoms with Crippen molar-refractivity contribution < 1.29 is 5.11 Å². The first kappa shape index (κ1) is 12.9. The maximum Gasteiger partial charge on any atom is 0.0863 e. The lowest BCUT2D eigenvalue weighted by Crippen LogP contribution is -2.29. The van der Waals surface area contributed by atoms with Gasteiger partial charge in [0.05, 0.1) is 23.0 Å². The van der Waals surface area contributed by atoms with E-state index in [-0.39, 0.29) is 6.61 Å². The standard InChI is InChI=1S/C12H20ClN3O/c1-3-10-12(13)11(15(2)14-10)8-16(6-7-17)9-4-5-9/h9,17H,3-8H2,1-2H3. The fourth-order valence-corrected chi connectivity index (χ4v) is 2.50. The van der Waals surface area contributed by atoms with Crippen molar-refractivity contribution >= 4 is 11.6 Å². The molecule has 17 heavy (non-hydrogen) atoms. The third-order valence-electron chi connectivity index (χ3n) is 3.31. The first-order valence-electron chi connectivity index (χ1n) is 6.22. The molecule has 0 aromatic carbocycles. The summed E-state index contributed by atoms with van der Waals surface area (Å²) >= 11 is 6.33. The van der Waals surface area contributed by atoms with Gasteiger partial charge in [-0.25, -0.2) is 0 Å². The SMILES string of the molecule is CCc1nn(C)c(CN(CCO)C2CC2)c1Cl. The second-order valence-electron chi connectivity index (χ2n) is 4.61. The molecule has 0 radical (unpaired) electrons. The van der Waals surface area contributed by atoms with E-state index in [4.69, 9.17) is 16.7 Å². The zero-order chi connectivity index (χ0) is 12.4. The highest BCUT2D eigenvalue weighted by Gasteiger charge is 2.30. The average Bonchev–Trinajstić information content (AvgIpc) is 3.10. The minimum atomic E-state index is 0.201. The zero-order valence-corrected chi connectivity index (χ0v) is 11.2. The van der Waals surface area contributed by atoms with Gasteiger partial charge < -0.3 is 5.11 Å². The predicted octanol–water partition coefficient (Wildman–Crippen LogP) is 1.59. The number of aryl methyl sites for hydroxylation is 2. The van der Waals surface area contributed by atoms with Crippen LogP contribution in [0.4, 0.5) is 0 Å². The minimum Gasteiger partial charge on any atom is -0.395 e. The zero-order valence-electron chi connectivity index (χ0n) is 10.5. The first-order valence-corrected chi connectivity index (χ1v) is 6.60. The molecule has 1 aromatic rings. The van der Waals surface area contributed by atoms with Crippen molar-refractivity contribution in [3.8, 4) is 0 Å². The van der Waals surface area contributed by atoms with E-state index in [2.05, 4.69) is 16.9 Å². The highest BCUT2D eigenvalue weighted by atomic mass is 35.5. The Kier molecular flexibility index (Phi) is 4.07. The van der Waals surface area contributed by atoms with Gasteiger partial charge in [0.1, 0.15) is 0 Å². The van der Waals surface area contributed by atoms with Crippen molar-refractivity contribution in [3.63, 3.8) is 0 Å². The van der Waals surface area contributed by atoms with E-state index in [0.29, 0.717) is 12.6 Å². The maximum atomic E-state index is 9.08. The molecule has 4 nitrogen and oxygen atoms in total. The molecule has 0 amide bonds. The van der Waals surface area contributed by atoms with Crippen LogP contribution in [0.3, 0.4) is 0 Å². The van der Waals surface area contributed by atoms with Crippen molar-refractivity contribution in [2.45, 2.75) is 38.8 Å². The third-order valence-corrected chi connectivity index (χ3v) is 3.74. The molecule has 1 aliphatic carbocycles. The molecule has 0 saturated heterocycles. The van der Waals surface area contributed by atoms with Crippen molar-refractivity contribution in [2.75, 3.05) is 13.2 Å². The number of hydrogen-bond donors (Lipinski definition) is 1. The quantitative estimate of drug-likeness (QED) is 0.842. The van der Waals surface area contributed by atoms with Crippen LogP contribution < -0.4 is 0 Å². The number of rotatable bonds is 6.